The first-order valence-corrected chi connectivity index (χ1v) is 13.1. The highest BCUT2D eigenvalue weighted by Crippen LogP contribution is 2.53. The number of halogens is 5. The van der Waals surface area contributed by atoms with Crippen molar-refractivity contribution in [3.63, 3.8) is 0 Å². The van der Waals surface area contributed by atoms with Crippen LogP contribution in [0.3, 0.4) is 0 Å². The van der Waals surface area contributed by atoms with Crippen molar-refractivity contribution < 1.29 is 27.5 Å². The highest BCUT2D eigenvalue weighted by molar-refractivity contribution is 6.38. The summed E-state index contributed by atoms with van der Waals surface area (Å²) in [5.41, 5.74) is 1.97. The third kappa shape index (κ3) is 4.66. The van der Waals surface area contributed by atoms with E-state index >= 15 is 0 Å². The molecule has 2 heterocycles. The number of hydrogen-bond donors (Lipinski definition) is 0. The number of fused-ring (bicyclic) bond motifs is 1. The smallest absolute Gasteiger partial charge is 0.416 e. The number of nitrogens with zero attached hydrogens (tertiary/aromatic N) is 2. The van der Waals surface area contributed by atoms with Gasteiger partial charge in [0.2, 0.25) is 0 Å². The maximum absolute atomic E-state index is 13.4. The highest BCUT2D eigenvalue weighted by Gasteiger charge is 2.54. The number of amides is 1. The molecule has 0 atom stereocenters. The van der Waals surface area contributed by atoms with Gasteiger partial charge in [0.25, 0.3) is 5.91 Å². The molecule has 0 unspecified atom stereocenters. The second kappa shape index (κ2) is 9.49. The Bertz CT molecular complexity index is 1450. The van der Waals surface area contributed by atoms with Crippen LogP contribution < -0.4 is 0 Å². The number of aromatic nitrogens is 1. The maximum atomic E-state index is 13.4. The van der Waals surface area contributed by atoms with Crippen molar-refractivity contribution in [1.29, 1.82) is 0 Å². The van der Waals surface area contributed by atoms with Gasteiger partial charge in [-0.15, -0.1) is 0 Å². The SMILES string of the molecule is COC(=O)CC1CC2(C1)CN(C(=O)c1ccc(Cl)c(Cc3cc4c(C)cc(C(F)(F)F)cc4n3C)c1Cl)C2. The Morgan fingerprint density at radius 3 is 2.45 bits per heavy atom. The molecule has 1 saturated heterocycles. The fourth-order valence-electron chi connectivity index (χ4n) is 6.07. The number of aryl methyl sites for hydroxylation is 2. The van der Waals surface area contributed by atoms with Crippen molar-refractivity contribution in [3.05, 3.63) is 68.3 Å². The fourth-order valence-corrected chi connectivity index (χ4v) is 6.65. The van der Waals surface area contributed by atoms with Crippen LogP contribution in [0.15, 0.2) is 30.3 Å². The summed E-state index contributed by atoms with van der Waals surface area (Å²) < 4.78 is 46.5. The molecular weight excluding hydrogens is 540 g/mol. The molecular formula is C28H27Cl2F3N2O3. The zero-order valence-corrected chi connectivity index (χ0v) is 22.7. The molecule has 1 aliphatic carbocycles. The van der Waals surface area contributed by atoms with Crippen LogP contribution in [0.4, 0.5) is 13.2 Å². The number of rotatable bonds is 5. The summed E-state index contributed by atoms with van der Waals surface area (Å²) in [5, 5.41) is 1.35. The summed E-state index contributed by atoms with van der Waals surface area (Å²) in [6, 6.07) is 7.38. The van der Waals surface area contributed by atoms with Crippen LogP contribution >= 0.6 is 23.2 Å². The van der Waals surface area contributed by atoms with Gasteiger partial charge >= 0.3 is 12.1 Å². The zero-order chi connectivity index (χ0) is 27.6. The molecule has 10 heteroatoms. The molecule has 1 amide bonds. The molecule has 202 valence electrons. The first-order valence-electron chi connectivity index (χ1n) is 12.3. The molecule has 2 aliphatic rings. The number of carbonyl (C=O) groups excluding carboxylic acids is 2. The van der Waals surface area contributed by atoms with E-state index in [4.69, 9.17) is 27.9 Å². The minimum Gasteiger partial charge on any atom is -0.469 e. The quantitative estimate of drug-likeness (QED) is 0.318. The van der Waals surface area contributed by atoms with E-state index in [0.29, 0.717) is 58.0 Å². The number of carbonyl (C=O) groups is 2. The Balaban J connectivity index is 1.35. The van der Waals surface area contributed by atoms with Crippen LogP contribution in [0.25, 0.3) is 10.9 Å². The molecule has 2 aromatic carbocycles. The van der Waals surface area contributed by atoms with Gasteiger partial charge in [0, 0.05) is 60.0 Å². The monoisotopic (exact) mass is 566 g/mol. The van der Waals surface area contributed by atoms with Gasteiger partial charge in [0.15, 0.2) is 0 Å². The lowest BCUT2D eigenvalue weighted by Gasteiger charge is -2.59. The molecule has 1 spiro atoms. The van der Waals surface area contributed by atoms with Crippen LogP contribution in [-0.2, 0) is 29.2 Å². The van der Waals surface area contributed by atoms with E-state index in [0.717, 1.165) is 30.7 Å². The molecule has 1 saturated carbocycles. The van der Waals surface area contributed by atoms with Gasteiger partial charge in [0.1, 0.15) is 0 Å². The molecule has 5 nitrogen and oxygen atoms in total. The van der Waals surface area contributed by atoms with E-state index in [-0.39, 0.29) is 28.7 Å². The summed E-state index contributed by atoms with van der Waals surface area (Å²) >= 11 is 13.2. The minimum atomic E-state index is -4.44. The van der Waals surface area contributed by atoms with Crippen molar-refractivity contribution in [1.82, 2.24) is 9.47 Å². The Labute approximate surface area is 228 Å². The lowest BCUT2D eigenvalue weighted by atomic mass is 9.57. The average Bonchev–Trinajstić information content (AvgIpc) is 3.12. The molecule has 1 aliphatic heterocycles. The van der Waals surface area contributed by atoms with Gasteiger partial charge in [-0.05, 0) is 67.1 Å². The predicted octanol–water partition coefficient (Wildman–Crippen LogP) is 6.82. The normalized spacial score (nSPS) is 17.0. The number of ether oxygens (including phenoxy) is 1. The molecule has 0 N–H and O–H groups in total. The van der Waals surface area contributed by atoms with Crippen LogP contribution in [-0.4, -0.2) is 41.5 Å². The summed E-state index contributed by atoms with van der Waals surface area (Å²) in [6.45, 7) is 2.88. The van der Waals surface area contributed by atoms with Crippen molar-refractivity contribution in [2.24, 2.45) is 18.4 Å². The van der Waals surface area contributed by atoms with Crippen molar-refractivity contribution >= 4 is 46.0 Å². The lowest BCUT2D eigenvalue weighted by molar-refractivity contribution is -0.146. The van der Waals surface area contributed by atoms with Gasteiger partial charge in [0.05, 0.1) is 23.3 Å². The van der Waals surface area contributed by atoms with E-state index in [1.165, 1.54) is 7.11 Å². The number of methoxy groups -OCH3 is 1. The largest absolute Gasteiger partial charge is 0.469 e. The van der Waals surface area contributed by atoms with Gasteiger partial charge < -0.3 is 14.2 Å². The molecule has 2 fully saturated rings. The standard InChI is InChI=1S/C28H27Cl2F3N2O3/c1-15-6-17(28(31,32)33)8-23-20(15)9-18(34(23)2)10-21-22(29)5-4-19(25(21)30)26(37)35-13-27(14-35)11-16(12-27)7-24(36)38-3/h4-6,8-9,16H,7,10-14H2,1-3H3. The number of benzene rings is 2. The molecule has 3 aromatic rings. The molecule has 1 aromatic heterocycles. The molecule has 5 rings (SSSR count). The highest BCUT2D eigenvalue weighted by atomic mass is 35.5. The van der Waals surface area contributed by atoms with E-state index < -0.39 is 11.7 Å². The lowest BCUT2D eigenvalue weighted by Crippen LogP contribution is -2.63. The molecule has 0 radical (unpaired) electrons. The minimum absolute atomic E-state index is 0.0619. The second-order valence-electron chi connectivity index (χ2n) is 10.7. The Morgan fingerprint density at radius 2 is 1.82 bits per heavy atom. The number of esters is 1. The zero-order valence-electron chi connectivity index (χ0n) is 21.2. The topological polar surface area (TPSA) is 51.5 Å². The van der Waals surface area contributed by atoms with E-state index in [2.05, 4.69) is 0 Å². The van der Waals surface area contributed by atoms with Gasteiger partial charge in [-0.2, -0.15) is 13.2 Å². The van der Waals surface area contributed by atoms with E-state index in [1.54, 1.807) is 35.6 Å². The fraction of sp³-hybridized carbons (Fsp3) is 0.429. The summed E-state index contributed by atoms with van der Waals surface area (Å²) in [6.07, 6.45) is -2.00. The number of likely N-dealkylation sites (tertiary alicyclic amines) is 1. The Hall–Kier alpha value is -2.71. The predicted molar refractivity (Wildman–Crippen MR) is 140 cm³/mol. The van der Waals surface area contributed by atoms with Crippen molar-refractivity contribution in [2.75, 3.05) is 20.2 Å². The van der Waals surface area contributed by atoms with Gasteiger partial charge in [-0.1, -0.05) is 23.2 Å². The van der Waals surface area contributed by atoms with Crippen LogP contribution in [0.2, 0.25) is 10.0 Å². The molecule has 0 bridgehead atoms. The van der Waals surface area contributed by atoms with Crippen LogP contribution in [0.5, 0.6) is 0 Å². The average molecular weight is 567 g/mol. The van der Waals surface area contributed by atoms with Crippen molar-refractivity contribution in [3.8, 4) is 0 Å². The van der Waals surface area contributed by atoms with Crippen LogP contribution in [0, 0.1) is 18.3 Å². The van der Waals surface area contributed by atoms with Crippen LogP contribution in [0.1, 0.15) is 52.0 Å². The van der Waals surface area contributed by atoms with E-state index in [1.807, 2.05) is 6.07 Å². The third-order valence-corrected chi connectivity index (χ3v) is 8.82. The Kier molecular flexibility index (Phi) is 6.71. The Morgan fingerprint density at radius 1 is 1.13 bits per heavy atom. The van der Waals surface area contributed by atoms with Crippen molar-refractivity contribution in [2.45, 2.75) is 38.8 Å². The van der Waals surface area contributed by atoms with E-state index in [9.17, 15) is 22.8 Å². The first kappa shape index (κ1) is 26.9. The second-order valence-corrected chi connectivity index (χ2v) is 11.5. The first-order chi connectivity index (χ1) is 17.8. The number of alkyl halides is 3. The molecule has 38 heavy (non-hydrogen) atoms. The summed E-state index contributed by atoms with van der Waals surface area (Å²) in [7, 11) is 3.09. The van der Waals surface area contributed by atoms with Gasteiger partial charge in [-0.3, -0.25) is 9.59 Å². The number of hydrogen-bond acceptors (Lipinski definition) is 3. The summed E-state index contributed by atoms with van der Waals surface area (Å²) in [4.78, 5) is 26.6. The summed E-state index contributed by atoms with van der Waals surface area (Å²) in [5.74, 6) is -0.0978. The third-order valence-electron chi connectivity index (χ3n) is 8.04. The van der Waals surface area contributed by atoms with Gasteiger partial charge in [-0.25, -0.2) is 0 Å². The maximum Gasteiger partial charge on any atom is 0.416 e.